The maximum absolute atomic E-state index is 12.9. The molecule has 2 heterocycles. The molecule has 0 spiro atoms. The molecule has 0 radical (unpaired) electrons. The van der Waals surface area contributed by atoms with Crippen LogP contribution in [0.5, 0.6) is 0 Å². The number of benzene rings is 2. The highest BCUT2D eigenvalue weighted by Crippen LogP contribution is 2.24. The minimum Gasteiger partial charge on any atom is -0.462 e. The van der Waals surface area contributed by atoms with E-state index < -0.39 is 11.9 Å². The number of anilines is 1. The normalized spacial score (nSPS) is 12.7. The van der Waals surface area contributed by atoms with Crippen molar-refractivity contribution >= 4 is 34.4 Å². The highest BCUT2D eigenvalue weighted by molar-refractivity contribution is 6.03. The Morgan fingerprint density at radius 2 is 1.78 bits per heavy atom. The summed E-state index contributed by atoms with van der Waals surface area (Å²) in [7, 11) is 0. The standard InChI is InChI=1S/C29H28N4O4/c1-2-37-29(36)23-18-30-33(26-15-13-20-8-5-6-10-24(20)31-26)28(23)32-27(35)16-14-25(34)22-12-11-19-7-3-4-9-21(19)17-22/h5-6,8,10-13,15,17-18H,2-4,7,9,14,16H2,1H3,(H,32,35). The van der Waals surface area contributed by atoms with E-state index in [1.807, 2.05) is 48.5 Å². The molecule has 0 saturated heterocycles. The molecule has 8 nitrogen and oxygen atoms in total. The Bertz CT molecular complexity index is 1490. The largest absolute Gasteiger partial charge is 0.462 e. The van der Waals surface area contributed by atoms with E-state index in [1.165, 1.54) is 28.4 Å². The van der Waals surface area contributed by atoms with Crippen molar-refractivity contribution in [1.29, 1.82) is 0 Å². The number of pyridine rings is 1. The van der Waals surface area contributed by atoms with Gasteiger partial charge in [-0.15, -0.1) is 0 Å². The van der Waals surface area contributed by atoms with Crippen LogP contribution in [0.2, 0.25) is 0 Å². The second kappa shape index (κ2) is 10.7. The summed E-state index contributed by atoms with van der Waals surface area (Å²) in [5.41, 5.74) is 4.04. The number of fused-ring (bicyclic) bond motifs is 2. The molecule has 0 unspecified atom stereocenters. The third kappa shape index (κ3) is 5.28. The van der Waals surface area contributed by atoms with Crippen LogP contribution < -0.4 is 5.32 Å². The number of hydrogen-bond acceptors (Lipinski definition) is 6. The van der Waals surface area contributed by atoms with E-state index in [0.29, 0.717) is 11.4 Å². The van der Waals surface area contributed by atoms with Gasteiger partial charge in [-0.1, -0.05) is 30.3 Å². The number of aromatic nitrogens is 3. The summed E-state index contributed by atoms with van der Waals surface area (Å²) in [5, 5.41) is 8.03. The van der Waals surface area contributed by atoms with Crippen molar-refractivity contribution in [1.82, 2.24) is 14.8 Å². The van der Waals surface area contributed by atoms with Gasteiger partial charge in [0, 0.05) is 23.8 Å². The lowest BCUT2D eigenvalue weighted by Crippen LogP contribution is -2.19. The van der Waals surface area contributed by atoms with Gasteiger partial charge < -0.3 is 10.1 Å². The number of esters is 1. The molecule has 1 N–H and O–H groups in total. The lowest BCUT2D eigenvalue weighted by Gasteiger charge is -2.16. The van der Waals surface area contributed by atoms with Gasteiger partial charge in [-0.05, 0) is 68.0 Å². The molecule has 0 saturated carbocycles. The summed E-state index contributed by atoms with van der Waals surface area (Å²) < 4.78 is 6.56. The predicted molar refractivity (Wildman–Crippen MR) is 140 cm³/mol. The fourth-order valence-corrected chi connectivity index (χ4v) is 4.65. The van der Waals surface area contributed by atoms with Crippen molar-refractivity contribution in [3.8, 4) is 5.82 Å². The van der Waals surface area contributed by atoms with E-state index in [4.69, 9.17) is 4.74 Å². The second-order valence-corrected chi connectivity index (χ2v) is 9.06. The Morgan fingerprint density at radius 3 is 2.62 bits per heavy atom. The number of nitrogens with one attached hydrogen (secondary N) is 1. The number of para-hydroxylation sites is 1. The van der Waals surface area contributed by atoms with Gasteiger partial charge in [0.1, 0.15) is 5.56 Å². The number of amides is 1. The van der Waals surface area contributed by atoms with E-state index in [2.05, 4.69) is 15.4 Å². The van der Waals surface area contributed by atoms with E-state index in [1.54, 1.807) is 13.0 Å². The molecule has 0 aliphatic heterocycles. The minimum absolute atomic E-state index is 0.0332. The molecule has 0 atom stereocenters. The molecule has 5 rings (SSSR count). The third-order valence-electron chi connectivity index (χ3n) is 6.57. The van der Waals surface area contributed by atoms with Gasteiger partial charge >= 0.3 is 5.97 Å². The zero-order valence-electron chi connectivity index (χ0n) is 20.7. The molecule has 37 heavy (non-hydrogen) atoms. The van der Waals surface area contributed by atoms with Crippen molar-refractivity contribution in [3.63, 3.8) is 0 Å². The fourth-order valence-electron chi connectivity index (χ4n) is 4.65. The number of carbonyl (C=O) groups excluding carboxylic acids is 3. The number of rotatable bonds is 8. The lowest BCUT2D eigenvalue weighted by atomic mass is 9.89. The number of ketones is 1. The average Bonchev–Trinajstić information content (AvgIpc) is 3.34. The summed E-state index contributed by atoms with van der Waals surface area (Å²) in [5.74, 6) is -0.490. The van der Waals surface area contributed by atoms with Crippen molar-refractivity contribution in [2.45, 2.75) is 45.4 Å². The summed E-state index contributed by atoms with van der Waals surface area (Å²) in [6, 6.07) is 17.1. The summed E-state index contributed by atoms with van der Waals surface area (Å²) in [4.78, 5) is 43.0. The number of aryl methyl sites for hydroxylation is 2. The van der Waals surface area contributed by atoms with Crippen LogP contribution in [0.25, 0.3) is 16.7 Å². The molecule has 0 fully saturated rings. The monoisotopic (exact) mass is 496 g/mol. The highest BCUT2D eigenvalue weighted by Gasteiger charge is 2.23. The number of nitrogens with zero attached hydrogens (tertiary/aromatic N) is 3. The first-order valence-corrected chi connectivity index (χ1v) is 12.6. The molecular weight excluding hydrogens is 468 g/mol. The number of Topliss-reactive ketones (excluding diaryl/α,β-unsaturated/α-hetero) is 1. The van der Waals surface area contributed by atoms with Crippen LogP contribution in [-0.4, -0.2) is 39.0 Å². The Balaban J connectivity index is 1.35. The van der Waals surface area contributed by atoms with Crippen LogP contribution in [-0.2, 0) is 22.4 Å². The van der Waals surface area contributed by atoms with Crippen LogP contribution in [0.15, 0.2) is 60.8 Å². The molecule has 188 valence electrons. The third-order valence-corrected chi connectivity index (χ3v) is 6.57. The SMILES string of the molecule is CCOC(=O)c1cnn(-c2ccc3ccccc3n2)c1NC(=O)CCC(=O)c1ccc2c(c1)CCCC2. The summed E-state index contributed by atoms with van der Waals surface area (Å²) in [6.45, 7) is 1.89. The van der Waals surface area contributed by atoms with Crippen molar-refractivity contribution < 1.29 is 19.1 Å². The van der Waals surface area contributed by atoms with E-state index in [0.717, 1.165) is 30.2 Å². The number of hydrogen-bond donors (Lipinski definition) is 1. The Kier molecular flexibility index (Phi) is 7.07. The summed E-state index contributed by atoms with van der Waals surface area (Å²) in [6.07, 6.45) is 5.73. The Morgan fingerprint density at radius 1 is 0.973 bits per heavy atom. The van der Waals surface area contributed by atoms with Gasteiger partial charge in [0.15, 0.2) is 17.4 Å². The smallest absolute Gasteiger partial charge is 0.343 e. The van der Waals surface area contributed by atoms with Crippen molar-refractivity contribution in [2.24, 2.45) is 0 Å². The molecule has 1 aliphatic carbocycles. The van der Waals surface area contributed by atoms with Gasteiger partial charge in [-0.2, -0.15) is 9.78 Å². The molecule has 8 heteroatoms. The van der Waals surface area contributed by atoms with Gasteiger partial charge in [0.25, 0.3) is 0 Å². The Hall–Kier alpha value is -4.33. The van der Waals surface area contributed by atoms with E-state index >= 15 is 0 Å². The highest BCUT2D eigenvalue weighted by atomic mass is 16.5. The quantitative estimate of drug-likeness (QED) is 0.270. The predicted octanol–water partition coefficient (Wildman–Crippen LogP) is 5.08. The molecule has 4 aromatic rings. The zero-order chi connectivity index (χ0) is 25.8. The first-order chi connectivity index (χ1) is 18.0. The molecule has 2 aromatic heterocycles. The van der Waals surface area contributed by atoms with Gasteiger partial charge in [-0.3, -0.25) is 9.59 Å². The van der Waals surface area contributed by atoms with Crippen LogP contribution in [0.3, 0.4) is 0 Å². The topological polar surface area (TPSA) is 103 Å². The maximum atomic E-state index is 12.9. The summed E-state index contributed by atoms with van der Waals surface area (Å²) >= 11 is 0. The van der Waals surface area contributed by atoms with E-state index in [-0.39, 0.29) is 36.6 Å². The maximum Gasteiger partial charge on any atom is 0.343 e. The molecule has 1 aliphatic rings. The minimum atomic E-state index is -0.602. The number of carbonyl (C=O) groups is 3. The van der Waals surface area contributed by atoms with E-state index in [9.17, 15) is 14.4 Å². The molecule has 0 bridgehead atoms. The first kappa shape index (κ1) is 24.4. The fraction of sp³-hybridized carbons (Fsp3) is 0.276. The van der Waals surface area contributed by atoms with Gasteiger partial charge in [0.05, 0.1) is 18.3 Å². The average molecular weight is 497 g/mol. The zero-order valence-corrected chi connectivity index (χ0v) is 20.7. The van der Waals surface area contributed by atoms with Crippen molar-refractivity contribution in [3.05, 3.63) is 83.0 Å². The van der Waals surface area contributed by atoms with Gasteiger partial charge in [0.2, 0.25) is 5.91 Å². The van der Waals surface area contributed by atoms with Crippen molar-refractivity contribution in [2.75, 3.05) is 11.9 Å². The molecular formula is C29H28N4O4. The molecule has 1 amide bonds. The molecule has 2 aromatic carbocycles. The second-order valence-electron chi connectivity index (χ2n) is 9.06. The number of ether oxygens (including phenoxy) is 1. The first-order valence-electron chi connectivity index (χ1n) is 12.6. The van der Waals surface area contributed by atoms with Gasteiger partial charge in [-0.25, -0.2) is 9.78 Å². The lowest BCUT2D eigenvalue weighted by molar-refractivity contribution is -0.116. The van der Waals surface area contributed by atoms with Crippen LogP contribution >= 0.6 is 0 Å². The van der Waals surface area contributed by atoms with Crippen LogP contribution in [0.1, 0.15) is 64.4 Å². The van der Waals surface area contributed by atoms with Crippen LogP contribution in [0.4, 0.5) is 5.82 Å². The Labute approximate surface area is 214 Å². The van der Waals surface area contributed by atoms with Crippen LogP contribution in [0, 0.1) is 0 Å².